The molecule has 0 unspecified atom stereocenters. The summed E-state index contributed by atoms with van der Waals surface area (Å²) in [4.78, 5) is 45.6. The minimum absolute atomic E-state index is 0.0246. The highest BCUT2D eigenvalue weighted by atomic mass is 16.3. The maximum atomic E-state index is 13.6. The highest BCUT2D eigenvalue weighted by Crippen LogP contribution is 2.25. The van der Waals surface area contributed by atoms with Crippen molar-refractivity contribution in [1.29, 1.82) is 0 Å². The van der Waals surface area contributed by atoms with Crippen molar-refractivity contribution in [1.82, 2.24) is 20.5 Å². The van der Waals surface area contributed by atoms with E-state index in [9.17, 15) is 14.4 Å². The van der Waals surface area contributed by atoms with E-state index in [2.05, 4.69) is 15.6 Å². The molecule has 182 valence electrons. The van der Waals surface area contributed by atoms with Gasteiger partial charge in [-0.2, -0.15) is 0 Å². The molecule has 8 heteroatoms. The molecular formula is C27H30N4O4. The number of nitrogens with zero attached hydrogens (tertiary/aromatic N) is 2. The average Bonchev–Trinajstić information content (AvgIpc) is 3.42. The molecule has 8 nitrogen and oxygen atoms in total. The Kier molecular flexibility index (Phi) is 8.27. The maximum absolute atomic E-state index is 13.6. The smallest absolute Gasteiger partial charge is 0.313 e. The molecule has 2 aromatic heterocycles. The molecule has 1 aromatic carbocycles. The molecule has 35 heavy (non-hydrogen) atoms. The van der Waals surface area contributed by atoms with Crippen LogP contribution in [0.15, 0.2) is 77.7 Å². The Morgan fingerprint density at radius 1 is 1.00 bits per heavy atom. The molecule has 1 atom stereocenters. The van der Waals surface area contributed by atoms with Crippen LogP contribution < -0.4 is 10.6 Å². The van der Waals surface area contributed by atoms with Crippen LogP contribution in [0, 0.1) is 0 Å². The van der Waals surface area contributed by atoms with Crippen molar-refractivity contribution < 1.29 is 18.8 Å². The third-order valence-corrected chi connectivity index (χ3v) is 6.16. The first-order chi connectivity index (χ1) is 17.1. The molecule has 2 N–H and O–H groups in total. The fourth-order valence-electron chi connectivity index (χ4n) is 4.39. The van der Waals surface area contributed by atoms with Crippen LogP contribution in [0.4, 0.5) is 0 Å². The Labute approximate surface area is 204 Å². The second-order valence-corrected chi connectivity index (χ2v) is 8.71. The number of benzene rings is 1. The van der Waals surface area contributed by atoms with E-state index in [1.807, 2.05) is 12.1 Å². The summed E-state index contributed by atoms with van der Waals surface area (Å²) in [5, 5.41) is 5.74. The topological polar surface area (TPSA) is 105 Å². The summed E-state index contributed by atoms with van der Waals surface area (Å²) in [6.07, 6.45) is 9.70. The number of nitrogens with one attached hydrogen (secondary N) is 2. The van der Waals surface area contributed by atoms with Gasteiger partial charge in [0.2, 0.25) is 5.91 Å². The quantitative estimate of drug-likeness (QED) is 0.486. The van der Waals surface area contributed by atoms with E-state index in [1.165, 1.54) is 11.2 Å². The number of hydrogen-bond acceptors (Lipinski definition) is 5. The number of hydrogen-bond donors (Lipinski definition) is 2. The lowest BCUT2D eigenvalue weighted by molar-refractivity contribution is -0.151. The van der Waals surface area contributed by atoms with Crippen LogP contribution in [0.5, 0.6) is 0 Å². The van der Waals surface area contributed by atoms with Crippen molar-refractivity contribution in [2.24, 2.45) is 0 Å². The fraction of sp³-hybridized carbons (Fsp3) is 0.333. The molecule has 1 aliphatic rings. The molecule has 1 fully saturated rings. The fourth-order valence-corrected chi connectivity index (χ4v) is 4.39. The van der Waals surface area contributed by atoms with Crippen LogP contribution in [0.2, 0.25) is 0 Å². The first-order valence-corrected chi connectivity index (χ1v) is 12.0. The van der Waals surface area contributed by atoms with Crippen molar-refractivity contribution in [3.63, 3.8) is 0 Å². The predicted octanol–water partition coefficient (Wildman–Crippen LogP) is 3.51. The predicted molar refractivity (Wildman–Crippen MR) is 130 cm³/mol. The lowest BCUT2D eigenvalue weighted by atomic mass is 9.95. The Hall–Kier alpha value is -3.94. The Bertz CT molecular complexity index is 1100. The number of carbonyl (C=O) groups excluding carboxylic acids is 3. The molecule has 4 rings (SSSR count). The van der Waals surface area contributed by atoms with Gasteiger partial charge in [-0.25, -0.2) is 0 Å². The van der Waals surface area contributed by atoms with E-state index in [4.69, 9.17) is 4.42 Å². The summed E-state index contributed by atoms with van der Waals surface area (Å²) < 4.78 is 5.33. The van der Waals surface area contributed by atoms with Crippen LogP contribution in [-0.4, -0.2) is 33.6 Å². The van der Waals surface area contributed by atoms with Gasteiger partial charge in [0.25, 0.3) is 0 Å². The SMILES string of the molecule is O=C(NC1CCCCC1)C(=O)N(Cc1cccnc1)[C@H](C(=O)NCc1ccco1)c1ccccc1. The van der Waals surface area contributed by atoms with Gasteiger partial charge in [-0.1, -0.05) is 55.7 Å². The van der Waals surface area contributed by atoms with E-state index in [-0.39, 0.29) is 19.1 Å². The molecule has 1 saturated carbocycles. The number of furan rings is 1. The zero-order chi connectivity index (χ0) is 24.5. The van der Waals surface area contributed by atoms with Crippen molar-refractivity contribution >= 4 is 17.7 Å². The standard InChI is InChI=1S/C27H30N4O4/c32-25(29-18-23-14-8-16-35-23)24(21-10-3-1-4-11-21)31(19-20-9-7-15-28-17-20)27(34)26(33)30-22-12-5-2-6-13-22/h1,3-4,7-11,14-17,22,24H,2,5-6,12-13,18-19H2,(H,29,32)(H,30,33)/t24-/m0/s1. The second kappa shape index (κ2) is 12.0. The van der Waals surface area contributed by atoms with E-state index >= 15 is 0 Å². The van der Waals surface area contributed by atoms with Crippen LogP contribution >= 0.6 is 0 Å². The van der Waals surface area contributed by atoms with Gasteiger partial charge in [-0.15, -0.1) is 0 Å². The minimum atomic E-state index is -1.02. The number of rotatable bonds is 8. The van der Waals surface area contributed by atoms with Gasteiger partial charge in [0.1, 0.15) is 11.8 Å². The molecule has 0 radical (unpaired) electrons. The molecule has 1 aliphatic carbocycles. The summed E-state index contributed by atoms with van der Waals surface area (Å²) in [5.41, 5.74) is 1.32. The zero-order valence-corrected chi connectivity index (χ0v) is 19.6. The van der Waals surface area contributed by atoms with Crippen molar-refractivity contribution in [2.75, 3.05) is 0 Å². The molecular weight excluding hydrogens is 444 g/mol. The highest BCUT2D eigenvalue weighted by Gasteiger charge is 2.35. The third-order valence-electron chi connectivity index (χ3n) is 6.16. The Morgan fingerprint density at radius 3 is 2.49 bits per heavy atom. The largest absolute Gasteiger partial charge is 0.467 e. The second-order valence-electron chi connectivity index (χ2n) is 8.71. The van der Waals surface area contributed by atoms with Gasteiger partial charge >= 0.3 is 11.8 Å². The average molecular weight is 475 g/mol. The van der Waals surface area contributed by atoms with Crippen LogP contribution in [0.25, 0.3) is 0 Å². The molecule has 0 spiro atoms. The molecule has 0 aliphatic heterocycles. The summed E-state index contributed by atoms with van der Waals surface area (Å²) in [6.45, 7) is 0.219. The van der Waals surface area contributed by atoms with Gasteiger partial charge in [0.15, 0.2) is 0 Å². The van der Waals surface area contributed by atoms with Crippen molar-refractivity contribution in [2.45, 2.75) is 57.3 Å². The minimum Gasteiger partial charge on any atom is -0.467 e. The van der Waals surface area contributed by atoms with E-state index in [0.717, 1.165) is 32.1 Å². The molecule has 0 saturated heterocycles. The number of aromatic nitrogens is 1. The highest BCUT2D eigenvalue weighted by molar-refractivity contribution is 6.35. The molecule has 2 heterocycles. The molecule has 0 bridgehead atoms. The lowest BCUT2D eigenvalue weighted by Gasteiger charge is -2.32. The van der Waals surface area contributed by atoms with Gasteiger partial charge < -0.3 is 20.0 Å². The number of pyridine rings is 1. The van der Waals surface area contributed by atoms with E-state index < -0.39 is 23.8 Å². The first-order valence-electron chi connectivity index (χ1n) is 12.0. The summed E-state index contributed by atoms with van der Waals surface area (Å²) >= 11 is 0. The van der Waals surface area contributed by atoms with Gasteiger partial charge in [0, 0.05) is 25.0 Å². The zero-order valence-electron chi connectivity index (χ0n) is 19.6. The summed E-state index contributed by atoms with van der Waals surface area (Å²) in [7, 11) is 0. The van der Waals surface area contributed by atoms with Crippen LogP contribution in [0.3, 0.4) is 0 Å². The van der Waals surface area contributed by atoms with Crippen LogP contribution in [-0.2, 0) is 27.5 Å². The van der Waals surface area contributed by atoms with Gasteiger partial charge in [-0.3, -0.25) is 19.4 Å². The maximum Gasteiger partial charge on any atom is 0.313 e. The van der Waals surface area contributed by atoms with Crippen molar-refractivity contribution in [3.8, 4) is 0 Å². The normalized spacial score (nSPS) is 14.6. The van der Waals surface area contributed by atoms with E-state index in [0.29, 0.717) is 16.9 Å². The van der Waals surface area contributed by atoms with Gasteiger partial charge in [0.05, 0.1) is 12.8 Å². The number of carbonyl (C=O) groups is 3. The van der Waals surface area contributed by atoms with Gasteiger partial charge in [-0.05, 0) is 42.2 Å². The monoisotopic (exact) mass is 474 g/mol. The van der Waals surface area contributed by atoms with E-state index in [1.54, 1.807) is 54.9 Å². The third kappa shape index (κ3) is 6.56. The lowest BCUT2D eigenvalue weighted by Crippen LogP contribution is -2.50. The van der Waals surface area contributed by atoms with Crippen molar-refractivity contribution in [3.05, 3.63) is 90.1 Å². The van der Waals surface area contributed by atoms with Crippen LogP contribution in [0.1, 0.15) is 55.0 Å². The Balaban J connectivity index is 1.62. The summed E-state index contributed by atoms with van der Waals surface area (Å²) in [5.74, 6) is -1.26. The molecule has 3 aromatic rings. The summed E-state index contributed by atoms with van der Waals surface area (Å²) in [6, 6.07) is 15.0. The number of amides is 3. The Morgan fingerprint density at radius 2 is 1.80 bits per heavy atom. The molecule has 3 amide bonds. The first kappa shape index (κ1) is 24.2.